The van der Waals surface area contributed by atoms with E-state index >= 15 is 0 Å². The average molecular weight is 327 g/mol. The normalized spacial score (nSPS) is 16.4. The van der Waals surface area contributed by atoms with E-state index in [1.54, 1.807) is 11.3 Å². The smallest absolute Gasteiger partial charge is 0.115 e. The highest BCUT2D eigenvalue weighted by atomic mass is 35.5. The Hall–Kier alpha value is -0.610. The third-order valence-corrected chi connectivity index (χ3v) is 5.26. The van der Waals surface area contributed by atoms with Crippen LogP contribution in [-0.4, -0.2) is 11.0 Å². The summed E-state index contributed by atoms with van der Waals surface area (Å²) in [5.41, 5.74) is 2.10. The predicted molar refractivity (Wildman–Crippen MR) is 86.1 cm³/mol. The first-order valence-corrected chi connectivity index (χ1v) is 8.27. The second-order valence-corrected chi connectivity index (χ2v) is 7.31. The molecule has 1 aliphatic carbocycles. The van der Waals surface area contributed by atoms with E-state index in [-0.39, 0.29) is 6.04 Å². The van der Waals surface area contributed by atoms with Crippen molar-refractivity contribution in [3.8, 4) is 0 Å². The molecule has 1 aromatic carbocycles. The van der Waals surface area contributed by atoms with Crippen LogP contribution in [0.15, 0.2) is 18.2 Å². The molecule has 0 amide bonds. The van der Waals surface area contributed by atoms with E-state index in [2.05, 4.69) is 12.2 Å². The number of rotatable bonds is 4. The highest BCUT2D eigenvalue weighted by Crippen LogP contribution is 2.36. The fourth-order valence-corrected chi connectivity index (χ4v) is 3.55. The van der Waals surface area contributed by atoms with Crippen LogP contribution in [0.3, 0.4) is 0 Å². The second kappa shape index (κ2) is 5.64. The van der Waals surface area contributed by atoms with Gasteiger partial charge in [-0.1, -0.05) is 23.2 Å². The monoisotopic (exact) mass is 326 g/mol. The summed E-state index contributed by atoms with van der Waals surface area (Å²) in [6.45, 7) is 4.15. The van der Waals surface area contributed by atoms with Crippen LogP contribution >= 0.6 is 34.5 Å². The van der Waals surface area contributed by atoms with Gasteiger partial charge in [-0.15, -0.1) is 11.3 Å². The van der Waals surface area contributed by atoms with Crippen molar-refractivity contribution in [1.82, 2.24) is 10.3 Å². The van der Waals surface area contributed by atoms with Gasteiger partial charge >= 0.3 is 0 Å². The van der Waals surface area contributed by atoms with Gasteiger partial charge in [-0.05, 0) is 50.5 Å². The Bertz CT molecular complexity index is 615. The highest BCUT2D eigenvalue weighted by molar-refractivity contribution is 7.11. The number of hydrogen-bond donors (Lipinski definition) is 1. The number of thiazole rings is 1. The molecule has 1 aromatic heterocycles. The lowest BCUT2D eigenvalue weighted by Crippen LogP contribution is -2.24. The van der Waals surface area contributed by atoms with Gasteiger partial charge in [-0.25, -0.2) is 4.98 Å². The zero-order valence-electron chi connectivity index (χ0n) is 11.4. The van der Waals surface area contributed by atoms with Crippen LogP contribution in [0, 0.1) is 13.8 Å². The number of nitrogens with zero attached hydrogens (tertiary/aromatic N) is 1. The minimum atomic E-state index is 0.0334. The van der Waals surface area contributed by atoms with Gasteiger partial charge in [0, 0.05) is 21.0 Å². The number of aromatic nitrogens is 1. The molecule has 1 fully saturated rings. The van der Waals surface area contributed by atoms with Crippen LogP contribution in [0.5, 0.6) is 0 Å². The molecule has 0 saturated heterocycles. The Morgan fingerprint density at radius 3 is 2.65 bits per heavy atom. The molecule has 0 spiro atoms. The summed E-state index contributed by atoms with van der Waals surface area (Å²) in [7, 11) is 0. The van der Waals surface area contributed by atoms with Gasteiger partial charge in [-0.2, -0.15) is 0 Å². The van der Waals surface area contributed by atoms with Gasteiger partial charge in [-0.3, -0.25) is 0 Å². The minimum absolute atomic E-state index is 0.0334. The SMILES string of the molecule is Cc1nc(C(NC2CC2)c2cc(Cl)ccc2Cl)sc1C. The molecule has 2 nitrogen and oxygen atoms in total. The van der Waals surface area contributed by atoms with E-state index in [0.717, 1.165) is 21.3 Å². The van der Waals surface area contributed by atoms with Crippen molar-refractivity contribution in [1.29, 1.82) is 0 Å². The third kappa shape index (κ3) is 3.01. The van der Waals surface area contributed by atoms with Crippen molar-refractivity contribution >= 4 is 34.5 Å². The maximum absolute atomic E-state index is 6.37. The van der Waals surface area contributed by atoms with Crippen LogP contribution in [0.4, 0.5) is 0 Å². The van der Waals surface area contributed by atoms with Crippen LogP contribution in [0.1, 0.15) is 40.0 Å². The number of hydrogen-bond acceptors (Lipinski definition) is 3. The van der Waals surface area contributed by atoms with E-state index in [4.69, 9.17) is 28.2 Å². The van der Waals surface area contributed by atoms with Gasteiger partial charge in [0.1, 0.15) is 5.01 Å². The Morgan fingerprint density at radius 2 is 2.05 bits per heavy atom. The summed E-state index contributed by atoms with van der Waals surface area (Å²) in [4.78, 5) is 5.94. The first-order valence-electron chi connectivity index (χ1n) is 6.69. The van der Waals surface area contributed by atoms with Crippen LogP contribution in [-0.2, 0) is 0 Å². The summed E-state index contributed by atoms with van der Waals surface area (Å²) in [6.07, 6.45) is 2.44. The predicted octanol–water partition coefficient (Wildman–Crippen LogP) is 4.91. The summed E-state index contributed by atoms with van der Waals surface area (Å²) in [6, 6.07) is 6.22. The molecule has 0 aliphatic heterocycles. The molecule has 1 unspecified atom stereocenters. The summed E-state index contributed by atoms with van der Waals surface area (Å²) in [5.74, 6) is 0. The first kappa shape index (κ1) is 14.3. The Balaban J connectivity index is 2.02. The topological polar surface area (TPSA) is 24.9 Å². The van der Waals surface area contributed by atoms with E-state index in [9.17, 15) is 0 Å². The summed E-state index contributed by atoms with van der Waals surface area (Å²) < 4.78 is 0. The maximum Gasteiger partial charge on any atom is 0.115 e. The molecular weight excluding hydrogens is 311 g/mol. The van der Waals surface area contributed by atoms with Crippen molar-refractivity contribution in [2.75, 3.05) is 0 Å². The molecule has 1 atom stereocenters. The molecule has 1 N–H and O–H groups in total. The molecular formula is C15H16Cl2N2S. The lowest BCUT2D eigenvalue weighted by atomic mass is 10.1. The molecule has 2 aromatic rings. The third-order valence-electron chi connectivity index (χ3n) is 3.54. The Kier molecular flexibility index (Phi) is 4.04. The van der Waals surface area contributed by atoms with E-state index in [1.165, 1.54) is 17.7 Å². The lowest BCUT2D eigenvalue weighted by Gasteiger charge is -2.18. The largest absolute Gasteiger partial charge is 0.301 e. The standard InChI is InChI=1S/C15H16Cl2N2S/c1-8-9(2)20-15(18-8)14(19-11-4-5-11)12-7-10(16)3-6-13(12)17/h3,6-7,11,14,19H,4-5H2,1-2H3. The van der Waals surface area contributed by atoms with E-state index in [1.807, 2.05) is 25.1 Å². The Labute approximate surface area is 133 Å². The molecule has 1 saturated carbocycles. The number of benzene rings is 1. The zero-order valence-corrected chi connectivity index (χ0v) is 13.7. The van der Waals surface area contributed by atoms with Crippen LogP contribution < -0.4 is 5.32 Å². The molecule has 20 heavy (non-hydrogen) atoms. The molecule has 5 heteroatoms. The molecule has 0 radical (unpaired) electrons. The van der Waals surface area contributed by atoms with Crippen LogP contribution in [0.25, 0.3) is 0 Å². The highest BCUT2D eigenvalue weighted by Gasteiger charge is 2.29. The minimum Gasteiger partial charge on any atom is -0.301 e. The maximum atomic E-state index is 6.37. The van der Waals surface area contributed by atoms with Gasteiger partial charge in [0.25, 0.3) is 0 Å². The quantitative estimate of drug-likeness (QED) is 0.863. The fourth-order valence-electron chi connectivity index (χ4n) is 2.14. The van der Waals surface area contributed by atoms with Crippen molar-refractivity contribution < 1.29 is 0 Å². The first-order chi connectivity index (χ1) is 9.54. The van der Waals surface area contributed by atoms with Crippen LogP contribution in [0.2, 0.25) is 10.0 Å². The van der Waals surface area contributed by atoms with Gasteiger partial charge < -0.3 is 5.32 Å². The van der Waals surface area contributed by atoms with Crippen molar-refractivity contribution in [3.63, 3.8) is 0 Å². The summed E-state index contributed by atoms with van der Waals surface area (Å²) >= 11 is 14.2. The fraction of sp³-hybridized carbons (Fsp3) is 0.400. The van der Waals surface area contributed by atoms with Crippen molar-refractivity contribution in [2.45, 2.75) is 38.8 Å². The summed E-state index contributed by atoms with van der Waals surface area (Å²) in [5, 5.41) is 6.14. The Morgan fingerprint density at radius 1 is 1.30 bits per heavy atom. The van der Waals surface area contributed by atoms with Crippen molar-refractivity contribution in [3.05, 3.63) is 49.4 Å². The average Bonchev–Trinajstić information content (AvgIpc) is 3.16. The van der Waals surface area contributed by atoms with E-state index in [0.29, 0.717) is 11.1 Å². The lowest BCUT2D eigenvalue weighted by molar-refractivity contribution is 0.597. The molecule has 106 valence electrons. The number of aryl methyl sites for hydroxylation is 2. The molecule has 1 heterocycles. The van der Waals surface area contributed by atoms with Gasteiger partial charge in [0.2, 0.25) is 0 Å². The van der Waals surface area contributed by atoms with Gasteiger partial charge in [0.15, 0.2) is 0 Å². The number of nitrogens with one attached hydrogen (secondary N) is 1. The molecule has 1 aliphatic rings. The zero-order chi connectivity index (χ0) is 14.3. The van der Waals surface area contributed by atoms with Crippen molar-refractivity contribution in [2.24, 2.45) is 0 Å². The molecule has 3 rings (SSSR count). The van der Waals surface area contributed by atoms with Gasteiger partial charge in [0.05, 0.1) is 11.7 Å². The number of halogens is 2. The molecule has 0 bridgehead atoms. The van der Waals surface area contributed by atoms with E-state index < -0.39 is 0 Å². The second-order valence-electron chi connectivity index (χ2n) is 5.23.